The molecule has 1 unspecified atom stereocenters. The van der Waals surface area contributed by atoms with Crippen LogP contribution in [-0.4, -0.2) is 29.9 Å². The summed E-state index contributed by atoms with van der Waals surface area (Å²) in [5, 5.41) is 1.11. The fourth-order valence-corrected chi connectivity index (χ4v) is 0.342. The fraction of sp³-hybridized carbons (Fsp3) is 0.833. The molecule has 0 aromatic heterocycles. The molecule has 0 fully saturated rings. The highest BCUT2D eigenvalue weighted by molar-refractivity contribution is 7.81. The van der Waals surface area contributed by atoms with Gasteiger partial charge in [-0.2, -0.15) is 12.6 Å². The number of carbonyl (C=O) groups excluding carboxylic acids is 1. The van der Waals surface area contributed by atoms with Crippen molar-refractivity contribution >= 4 is 18.6 Å². The van der Waals surface area contributed by atoms with Gasteiger partial charge in [-0.05, 0) is 13.8 Å². The van der Waals surface area contributed by atoms with E-state index in [-0.39, 0.29) is 11.2 Å². The van der Waals surface area contributed by atoms with Crippen molar-refractivity contribution in [3.63, 3.8) is 0 Å². The standard InChI is InChI=1S/C6H13NO2S/c1-4-7(3)9-6(8)5(2)10/h5,10H,4H2,1-3H3. The highest BCUT2D eigenvalue weighted by atomic mass is 32.1. The second-order valence-electron chi connectivity index (χ2n) is 2.03. The molecule has 0 rings (SSSR count). The Labute approximate surface area is 66.7 Å². The van der Waals surface area contributed by atoms with Gasteiger partial charge < -0.3 is 4.84 Å². The molecule has 0 saturated carbocycles. The zero-order chi connectivity index (χ0) is 8.15. The smallest absolute Gasteiger partial charge is 0.337 e. The van der Waals surface area contributed by atoms with E-state index in [1.807, 2.05) is 6.92 Å². The third-order valence-corrected chi connectivity index (χ3v) is 1.24. The van der Waals surface area contributed by atoms with Crippen LogP contribution in [0.1, 0.15) is 13.8 Å². The molecule has 0 aliphatic carbocycles. The van der Waals surface area contributed by atoms with Crippen molar-refractivity contribution in [3.8, 4) is 0 Å². The minimum absolute atomic E-state index is 0.312. The van der Waals surface area contributed by atoms with E-state index in [4.69, 9.17) is 4.84 Å². The van der Waals surface area contributed by atoms with Crippen molar-refractivity contribution in [1.82, 2.24) is 5.06 Å². The van der Waals surface area contributed by atoms with Crippen molar-refractivity contribution in [1.29, 1.82) is 0 Å². The van der Waals surface area contributed by atoms with Crippen molar-refractivity contribution < 1.29 is 9.63 Å². The molecule has 4 heteroatoms. The Hall–Kier alpha value is -0.220. The lowest BCUT2D eigenvalue weighted by Crippen LogP contribution is -2.26. The van der Waals surface area contributed by atoms with Crippen molar-refractivity contribution in [3.05, 3.63) is 0 Å². The number of rotatable bonds is 3. The number of thiol groups is 1. The van der Waals surface area contributed by atoms with Crippen molar-refractivity contribution in [2.24, 2.45) is 0 Å². The van der Waals surface area contributed by atoms with Crippen LogP contribution < -0.4 is 0 Å². The predicted molar refractivity (Wildman–Crippen MR) is 42.8 cm³/mol. The summed E-state index contributed by atoms with van der Waals surface area (Å²) < 4.78 is 0. The molecule has 0 spiro atoms. The number of carbonyl (C=O) groups is 1. The van der Waals surface area contributed by atoms with E-state index in [0.717, 1.165) is 0 Å². The second kappa shape index (κ2) is 4.57. The van der Waals surface area contributed by atoms with E-state index in [9.17, 15) is 4.79 Å². The second-order valence-corrected chi connectivity index (χ2v) is 2.81. The van der Waals surface area contributed by atoms with Crippen LogP contribution in [0.25, 0.3) is 0 Å². The minimum Gasteiger partial charge on any atom is -0.367 e. The zero-order valence-electron chi connectivity index (χ0n) is 6.50. The molecular formula is C6H13NO2S. The third-order valence-electron chi connectivity index (χ3n) is 1.03. The van der Waals surface area contributed by atoms with Crippen LogP contribution in [0.2, 0.25) is 0 Å². The van der Waals surface area contributed by atoms with Crippen molar-refractivity contribution in [2.75, 3.05) is 13.6 Å². The summed E-state index contributed by atoms with van der Waals surface area (Å²) in [5.41, 5.74) is 0. The molecule has 0 bridgehead atoms. The van der Waals surface area contributed by atoms with Crippen molar-refractivity contribution in [2.45, 2.75) is 19.1 Å². The van der Waals surface area contributed by atoms with Gasteiger partial charge in [-0.15, -0.1) is 5.06 Å². The predicted octanol–water partition coefficient (Wildman–Crippen LogP) is 0.715. The lowest BCUT2D eigenvalue weighted by Gasteiger charge is -2.14. The highest BCUT2D eigenvalue weighted by Crippen LogP contribution is 1.97. The Morgan fingerprint density at radius 3 is 2.60 bits per heavy atom. The van der Waals surface area contributed by atoms with E-state index >= 15 is 0 Å². The summed E-state index contributed by atoms with van der Waals surface area (Å²) >= 11 is 3.91. The lowest BCUT2D eigenvalue weighted by molar-refractivity contribution is -0.181. The SMILES string of the molecule is CCN(C)OC(=O)C(C)S. The van der Waals surface area contributed by atoms with Crippen LogP contribution in [0.4, 0.5) is 0 Å². The minimum atomic E-state index is -0.353. The molecular weight excluding hydrogens is 150 g/mol. The molecule has 3 nitrogen and oxygen atoms in total. The molecule has 0 N–H and O–H groups in total. The summed E-state index contributed by atoms with van der Waals surface area (Å²) in [6, 6.07) is 0. The molecule has 10 heavy (non-hydrogen) atoms. The highest BCUT2D eigenvalue weighted by Gasteiger charge is 2.10. The van der Waals surface area contributed by atoms with Gasteiger partial charge in [0.25, 0.3) is 0 Å². The first-order chi connectivity index (χ1) is 4.57. The zero-order valence-corrected chi connectivity index (χ0v) is 7.39. The topological polar surface area (TPSA) is 29.5 Å². The molecule has 0 amide bonds. The van der Waals surface area contributed by atoms with Crippen LogP contribution in [0.5, 0.6) is 0 Å². The lowest BCUT2D eigenvalue weighted by atomic mass is 10.5. The Balaban J connectivity index is 3.57. The van der Waals surface area contributed by atoms with Gasteiger partial charge in [-0.25, -0.2) is 4.79 Å². The Bertz CT molecular complexity index is 116. The first kappa shape index (κ1) is 9.78. The van der Waals surface area contributed by atoms with Crippen LogP contribution in [0.3, 0.4) is 0 Å². The number of hydrogen-bond donors (Lipinski definition) is 1. The average molecular weight is 163 g/mol. The largest absolute Gasteiger partial charge is 0.367 e. The van der Waals surface area contributed by atoms with Gasteiger partial charge in [-0.1, -0.05) is 0 Å². The first-order valence-corrected chi connectivity index (χ1v) is 3.70. The van der Waals surface area contributed by atoms with Gasteiger partial charge in [0.2, 0.25) is 0 Å². The molecule has 0 saturated heterocycles. The molecule has 0 aliphatic heterocycles. The quantitative estimate of drug-likeness (QED) is 0.491. The molecule has 0 heterocycles. The first-order valence-electron chi connectivity index (χ1n) is 3.19. The van der Waals surface area contributed by atoms with E-state index < -0.39 is 0 Å². The van der Waals surface area contributed by atoms with Crippen LogP contribution in [0.15, 0.2) is 0 Å². The van der Waals surface area contributed by atoms with Gasteiger partial charge in [0, 0.05) is 13.6 Å². The Morgan fingerprint density at radius 2 is 2.30 bits per heavy atom. The van der Waals surface area contributed by atoms with E-state index in [1.165, 1.54) is 5.06 Å². The Kier molecular flexibility index (Phi) is 4.47. The van der Waals surface area contributed by atoms with E-state index in [2.05, 4.69) is 12.6 Å². The van der Waals surface area contributed by atoms with Crippen LogP contribution in [0, 0.1) is 0 Å². The summed E-state index contributed by atoms with van der Waals surface area (Å²) in [6.45, 7) is 4.26. The van der Waals surface area contributed by atoms with Gasteiger partial charge in [0.1, 0.15) is 0 Å². The fourth-order valence-electron chi connectivity index (χ4n) is 0.294. The monoisotopic (exact) mass is 163 g/mol. The maximum absolute atomic E-state index is 10.8. The van der Waals surface area contributed by atoms with E-state index in [0.29, 0.717) is 6.54 Å². The van der Waals surface area contributed by atoms with Gasteiger partial charge >= 0.3 is 5.97 Å². The molecule has 1 atom stereocenters. The molecule has 0 aliphatic rings. The van der Waals surface area contributed by atoms with Gasteiger partial charge in [0.05, 0.1) is 5.25 Å². The molecule has 0 aromatic carbocycles. The average Bonchev–Trinajstić information content (AvgIpc) is 1.87. The summed E-state index contributed by atoms with van der Waals surface area (Å²) in [4.78, 5) is 15.6. The van der Waals surface area contributed by atoms with Crippen LogP contribution in [-0.2, 0) is 9.63 Å². The maximum atomic E-state index is 10.8. The maximum Gasteiger partial charge on any atom is 0.337 e. The van der Waals surface area contributed by atoms with Gasteiger partial charge in [-0.3, -0.25) is 0 Å². The number of hydroxylamine groups is 2. The summed E-state index contributed by atoms with van der Waals surface area (Å²) in [5.74, 6) is -0.312. The van der Waals surface area contributed by atoms with Gasteiger partial charge in [0.15, 0.2) is 0 Å². The molecule has 60 valence electrons. The summed E-state index contributed by atoms with van der Waals surface area (Å²) in [7, 11) is 1.70. The van der Waals surface area contributed by atoms with E-state index in [1.54, 1.807) is 14.0 Å². The molecule has 0 radical (unpaired) electrons. The third kappa shape index (κ3) is 3.74. The number of nitrogens with zero attached hydrogens (tertiary/aromatic N) is 1. The number of hydrogen-bond acceptors (Lipinski definition) is 4. The molecule has 0 aromatic rings. The Morgan fingerprint density at radius 1 is 1.80 bits per heavy atom. The summed E-state index contributed by atoms with van der Waals surface area (Å²) in [6.07, 6.45) is 0. The normalized spacial score (nSPS) is 13.3. The van der Waals surface area contributed by atoms with Crippen LogP contribution >= 0.6 is 12.6 Å².